The molecule has 2 rings (SSSR count). The number of carbonyl (C=O) groups is 1. The number of ether oxygens (including phenoxy) is 1. The van der Waals surface area contributed by atoms with Crippen LogP contribution in [0, 0.1) is 17.3 Å². The van der Waals surface area contributed by atoms with Gasteiger partial charge in [-0.3, -0.25) is 4.79 Å². The van der Waals surface area contributed by atoms with Crippen LogP contribution >= 0.6 is 0 Å². The molecule has 1 saturated carbocycles. The third-order valence-corrected chi connectivity index (χ3v) is 4.99. The molecule has 0 spiro atoms. The molecule has 0 radical (unpaired) electrons. The summed E-state index contributed by atoms with van der Waals surface area (Å²) in [5.41, 5.74) is 1.18. The van der Waals surface area contributed by atoms with Gasteiger partial charge in [0.05, 0.1) is 6.10 Å². The van der Waals surface area contributed by atoms with Crippen LogP contribution in [0.4, 0.5) is 0 Å². The second-order valence-corrected chi connectivity index (χ2v) is 6.68. The molecule has 0 saturated heterocycles. The Balaban J connectivity index is 2.30. The van der Waals surface area contributed by atoms with Crippen molar-refractivity contribution in [3.05, 3.63) is 11.6 Å². The minimum Gasteiger partial charge on any atom is -0.458 e. The van der Waals surface area contributed by atoms with Crippen LogP contribution in [0.25, 0.3) is 0 Å². The molecule has 108 valence electrons. The summed E-state index contributed by atoms with van der Waals surface area (Å²) in [6, 6.07) is 0. The molecule has 2 aliphatic carbocycles. The molecule has 0 unspecified atom stereocenters. The number of carbonyl (C=O) groups excluding carboxylic acids is 1. The van der Waals surface area contributed by atoms with Gasteiger partial charge in [-0.2, -0.15) is 0 Å². The Morgan fingerprint density at radius 2 is 2.21 bits per heavy atom. The van der Waals surface area contributed by atoms with Crippen molar-refractivity contribution in [1.82, 2.24) is 0 Å². The lowest BCUT2D eigenvalue weighted by molar-refractivity contribution is -0.144. The van der Waals surface area contributed by atoms with Crippen molar-refractivity contribution < 1.29 is 14.6 Å². The number of rotatable bonds is 2. The SMILES string of the molecule is CC(=O)O[C@H]1C=C2[C@@H](O)C[C@H](C(C)C)[C@@]2(C)CCC1. The summed E-state index contributed by atoms with van der Waals surface area (Å²) in [5.74, 6) is 0.846. The van der Waals surface area contributed by atoms with Crippen LogP contribution < -0.4 is 0 Å². The zero-order valence-corrected chi connectivity index (χ0v) is 12.5. The molecule has 1 fully saturated rings. The van der Waals surface area contributed by atoms with Crippen molar-refractivity contribution in [3.63, 3.8) is 0 Å². The van der Waals surface area contributed by atoms with Gasteiger partial charge >= 0.3 is 5.97 Å². The zero-order valence-electron chi connectivity index (χ0n) is 12.5. The van der Waals surface area contributed by atoms with Crippen LogP contribution in [0.1, 0.15) is 53.4 Å². The minimum absolute atomic E-state index is 0.0719. The maximum absolute atomic E-state index is 11.1. The fourth-order valence-corrected chi connectivity index (χ4v) is 4.12. The molecule has 1 N–H and O–H groups in total. The van der Waals surface area contributed by atoms with Gasteiger partial charge in [-0.1, -0.05) is 20.8 Å². The second-order valence-electron chi connectivity index (χ2n) is 6.68. The molecular formula is C16H26O3. The maximum Gasteiger partial charge on any atom is 0.303 e. The van der Waals surface area contributed by atoms with E-state index >= 15 is 0 Å². The lowest BCUT2D eigenvalue weighted by atomic mass is 9.70. The quantitative estimate of drug-likeness (QED) is 0.617. The van der Waals surface area contributed by atoms with Crippen LogP contribution in [0.5, 0.6) is 0 Å². The third-order valence-electron chi connectivity index (χ3n) is 4.99. The Morgan fingerprint density at radius 1 is 1.53 bits per heavy atom. The lowest BCUT2D eigenvalue weighted by Gasteiger charge is -2.34. The van der Waals surface area contributed by atoms with Gasteiger partial charge in [0, 0.05) is 6.92 Å². The van der Waals surface area contributed by atoms with Crippen LogP contribution in [0.2, 0.25) is 0 Å². The van der Waals surface area contributed by atoms with E-state index in [9.17, 15) is 9.90 Å². The van der Waals surface area contributed by atoms with Crippen LogP contribution in [0.3, 0.4) is 0 Å². The number of hydrogen-bond acceptors (Lipinski definition) is 3. The first-order valence-corrected chi connectivity index (χ1v) is 7.42. The van der Waals surface area contributed by atoms with E-state index in [0.717, 1.165) is 31.3 Å². The number of fused-ring (bicyclic) bond motifs is 1. The molecule has 0 aromatic carbocycles. The average molecular weight is 266 g/mol. The summed E-state index contributed by atoms with van der Waals surface area (Å²) < 4.78 is 5.34. The van der Waals surface area contributed by atoms with Gasteiger partial charge in [-0.05, 0) is 54.6 Å². The van der Waals surface area contributed by atoms with Crippen molar-refractivity contribution in [3.8, 4) is 0 Å². The molecule has 19 heavy (non-hydrogen) atoms. The number of aliphatic hydroxyl groups is 1. The molecule has 4 atom stereocenters. The normalized spacial score (nSPS) is 38.6. The van der Waals surface area contributed by atoms with Gasteiger partial charge in [0.2, 0.25) is 0 Å². The molecule has 0 aliphatic heterocycles. The number of hydrogen-bond donors (Lipinski definition) is 1. The van der Waals surface area contributed by atoms with Gasteiger partial charge in [0.1, 0.15) is 6.10 Å². The topological polar surface area (TPSA) is 46.5 Å². The van der Waals surface area contributed by atoms with E-state index in [1.54, 1.807) is 0 Å². The van der Waals surface area contributed by atoms with Crippen molar-refractivity contribution in [2.45, 2.75) is 65.6 Å². The highest BCUT2D eigenvalue weighted by Gasteiger charge is 2.49. The Morgan fingerprint density at radius 3 is 2.79 bits per heavy atom. The predicted octanol–water partition coefficient (Wildman–Crippen LogP) is 3.07. The number of esters is 1. The molecule has 3 nitrogen and oxygen atoms in total. The van der Waals surface area contributed by atoms with Crippen LogP contribution in [-0.4, -0.2) is 23.3 Å². The fraction of sp³-hybridized carbons (Fsp3) is 0.812. The Bertz CT molecular complexity index is 385. The van der Waals surface area contributed by atoms with Crippen LogP contribution in [0.15, 0.2) is 11.6 Å². The molecule has 0 aromatic rings. The monoisotopic (exact) mass is 266 g/mol. The first kappa shape index (κ1) is 14.6. The van der Waals surface area contributed by atoms with Gasteiger partial charge in [0.15, 0.2) is 0 Å². The minimum atomic E-state index is -0.367. The Hall–Kier alpha value is -0.830. The molecule has 0 heterocycles. The molecule has 2 aliphatic rings. The maximum atomic E-state index is 11.1. The standard InChI is InChI=1S/C16H26O3/c1-10(2)13-9-15(18)14-8-12(19-11(3)17)6-5-7-16(13,14)4/h8,10,12-13,15,18H,5-7,9H2,1-4H3/t12-,13-,15+,16-/m1/s1. The predicted molar refractivity (Wildman–Crippen MR) is 74.5 cm³/mol. The van der Waals surface area contributed by atoms with Crippen molar-refractivity contribution >= 4 is 5.97 Å². The fourth-order valence-electron chi connectivity index (χ4n) is 4.12. The van der Waals surface area contributed by atoms with E-state index in [4.69, 9.17) is 4.74 Å². The average Bonchev–Trinajstić information content (AvgIpc) is 2.44. The van der Waals surface area contributed by atoms with Crippen LogP contribution in [-0.2, 0) is 9.53 Å². The zero-order chi connectivity index (χ0) is 14.2. The van der Waals surface area contributed by atoms with Crippen molar-refractivity contribution in [2.24, 2.45) is 17.3 Å². The van der Waals surface area contributed by atoms with Gasteiger partial charge in [-0.25, -0.2) is 0 Å². The number of aliphatic hydroxyl groups excluding tert-OH is 1. The summed E-state index contributed by atoms with van der Waals surface area (Å²) in [7, 11) is 0. The summed E-state index contributed by atoms with van der Waals surface area (Å²) in [5, 5.41) is 10.4. The lowest BCUT2D eigenvalue weighted by Crippen LogP contribution is -2.27. The molecular weight excluding hydrogens is 240 g/mol. The first-order chi connectivity index (χ1) is 8.84. The van der Waals surface area contributed by atoms with E-state index < -0.39 is 0 Å². The highest BCUT2D eigenvalue weighted by molar-refractivity contribution is 5.66. The molecule has 0 bridgehead atoms. The molecule has 0 amide bonds. The van der Waals surface area contributed by atoms with E-state index in [1.165, 1.54) is 6.92 Å². The smallest absolute Gasteiger partial charge is 0.303 e. The summed E-state index contributed by atoms with van der Waals surface area (Å²) in [6.45, 7) is 8.19. The van der Waals surface area contributed by atoms with Gasteiger partial charge in [0.25, 0.3) is 0 Å². The highest BCUT2D eigenvalue weighted by Crippen LogP contribution is 2.54. The first-order valence-electron chi connectivity index (χ1n) is 7.42. The van der Waals surface area contributed by atoms with Gasteiger partial charge < -0.3 is 9.84 Å². The summed E-state index contributed by atoms with van der Waals surface area (Å²) in [4.78, 5) is 11.1. The van der Waals surface area contributed by atoms with Crippen molar-refractivity contribution in [2.75, 3.05) is 0 Å². The van der Waals surface area contributed by atoms with E-state index in [-0.39, 0.29) is 23.6 Å². The second kappa shape index (κ2) is 5.28. The summed E-state index contributed by atoms with van der Waals surface area (Å²) in [6.07, 6.45) is 5.34. The molecule has 0 aromatic heterocycles. The van der Waals surface area contributed by atoms with E-state index in [2.05, 4.69) is 20.8 Å². The molecule has 3 heteroatoms. The Kier molecular flexibility index (Phi) is 4.05. The van der Waals surface area contributed by atoms with E-state index in [0.29, 0.717) is 11.8 Å². The third kappa shape index (κ3) is 2.71. The Labute approximate surface area is 116 Å². The van der Waals surface area contributed by atoms with E-state index in [1.807, 2.05) is 6.08 Å². The van der Waals surface area contributed by atoms with Crippen molar-refractivity contribution in [1.29, 1.82) is 0 Å². The van der Waals surface area contributed by atoms with Gasteiger partial charge in [-0.15, -0.1) is 0 Å². The highest BCUT2D eigenvalue weighted by atomic mass is 16.5. The summed E-state index contributed by atoms with van der Waals surface area (Å²) >= 11 is 0. The largest absolute Gasteiger partial charge is 0.458 e.